The van der Waals surface area contributed by atoms with E-state index in [1.807, 2.05) is 6.92 Å². The van der Waals surface area contributed by atoms with E-state index in [1.165, 1.54) is 12.1 Å². The van der Waals surface area contributed by atoms with E-state index in [4.69, 9.17) is 4.74 Å². The van der Waals surface area contributed by atoms with Crippen molar-refractivity contribution in [3.8, 4) is 0 Å². The van der Waals surface area contributed by atoms with Gasteiger partial charge in [0.1, 0.15) is 5.82 Å². The van der Waals surface area contributed by atoms with Gasteiger partial charge in [-0.25, -0.2) is 4.39 Å². The van der Waals surface area contributed by atoms with Crippen LogP contribution < -0.4 is 0 Å². The molecule has 1 aromatic carbocycles. The predicted octanol–water partition coefficient (Wildman–Crippen LogP) is 3.59. The van der Waals surface area contributed by atoms with Gasteiger partial charge in [0.2, 0.25) is 0 Å². The lowest BCUT2D eigenvalue weighted by Gasteiger charge is -2.08. The molecule has 0 N–H and O–H groups in total. The summed E-state index contributed by atoms with van der Waals surface area (Å²) in [4.78, 5) is 11.7. The lowest BCUT2D eigenvalue weighted by molar-refractivity contribution is 0.0874. The highest BCUT2D eigenvalue weighted by Gasteiger charge is 2.13. The Labute approximate surface area is 103 Å². The third-order valence-corrected chi connectivity index (χ3v) is 2.90. The first-order chi connectivity index (χ1) is 7.54. The normalized spacial score (nSPS) is 12.5. The molecule has 0 aliphatic heterocycles. The maximum absolute atomic E-state index is 13.4. The van der Waals surface area contributed by atoms with E-state index in [9.17, 15) is 9.18 Å². The Morgan fingerprint density at radius 3 is 2.88 bits per heavy atom. The summed E-state index contributed by atoms with van der Waals surface area (Å²) in [7, 11) is 1.59. The first-order valence-electron chi connectivity index (χ1n) is 5.05. The Morgan fingerprint density at radius 1 is 1.56 bits per heavy atom. The van der Waals surface area contributed by atoms with Crippen molar-refractivity contribution in [3.63, 3.8) is 0 Å². The zero-order valence-electron chi connectivity index (χ0n) is 9.30. The Bertz CT molecular complexity index is 379. The highest BCUT2D eigenvalue weighted by molar-refractivity contribution is 9.10. The summed E-state index contributed by atoms with van der Waals surface area (Å²) in [5, 5.41) is 0. The van der Waals surface area contributed by atoms with Crippen LogP contribution in [-0.2, 0) is 4.74 Å². The van der Waals surface area contributed by atoms with Crippen LogP contribution in [0.1, 0.15) is 30.1 Å². The fourth-order valence-corrected chi connectivity index (χ4v) is 1.66. The largest absolute Gasteiger partial charge is 0.382 e. The van der Waals surface area contributed by atoms with Crippen LogP contribution in [0.25, 0.3) is 0 Å². The summed E-state index contributed by atoms with van der Waals surface area (Å²) in [6.07, 6.45) is 0.906. The summed E-state index contributed by atoms with van der Waals surface area (Å²) < 4.78 is 19.1. The third kappa shape index (κ3) is 3.68. The lowest BCUT2D eigenvalue weighted by atomic mass is 10.0. The smallest absolute Gasteiger partial charge is 0.165 e. The topological polar surface area (TPSA) is 26.3 Å². The minimum atomic E-state index is -0.474. The number of ether oxygens (including phenoxy) is 1. The molecule has 0 saturated heterocycles. The highest BCUT2D eigenvalue weighted by Crippen LogP contribution is 2.18. The second kappa shape index (κ2) is 6.11. The molecule has 88 valence electrons. The van der Waals surface area contributed by atoms with Crippen molar-refractivity contribution in [1.82, 2.24) is 0 Å². The van der Waals surface area contributed by atoms with Gasteiger partial charge in [0.25, 0.3) is 0 Å². The lowest BCUT2D eigenvalue weighted by Crippen LogP contribution is -2.09. The maximum Gasteiger partial charge on any atom is 0.165 e. The molecule has 0 heterocycles. The molecule has 16 heavy (non-hydrogen) atoms. The number of carbonyl (C=O) groups is 1. The van der Waals surface area contributed by atoms with Gasteiger partial charge in [0, 0.05) is 18.0 Å². The average molecular weight is 289 g/mol. The summed E-state index contributed by atoms with van der Waals surface area (Å²) in [5.74, 6) is -0.666. The summed E-state index contributed by atoms with van der Waals surface area (Å²) in [5.41, 5.74) is 0.137. The Balaban J connectivity index is 2.69. The van der Waals surface area contributed by atoms with E-state index >= 15 is 0 Å². The van der Waals surface area contributed by atoms with Crippen LogP contribution in [0.5, 0.6) is 0 Å². The standard InChI is InChI=1S/C12H14BrFO2/c1-8(16-2)3-6-12(15)10-7-9(13)4-5-11(10)14/h4-5,7-8H,3,6H2,1-2H3. The molecule has 1 atom stereocenters. The molecule has 1 unspecified atom stereocenters. The first kappa shape index (κ1) is 13.3. The fraction of sp³-hybridized carbons (Fsp3) is 0.417. The molecule has 0 aliphatic rings. The van der Waals surface area contributed by atoms with E-state index in [2.05, 4.69) is 15.9 Å². The zero-order valence-corrected chi connectivity index (χ0v) is 10.9. The number of ketones is 1. The number of halogens is 2. The number of benzene rings is 1. The molecule has 1 rings (SSSR count). The van der Waals surface area contributed by atoms with Gasteiger partial charge in [-0.1, -0.05) is 15.9 Å². The molecule has 0 fully saturated rings. The van der Waals surface area contributed by atoms with Gasteiger partial charge in [-0.2, -0.15) is 0 Å². The maximum atomic E-state index is 13.4. The van der Waals surface area contributed by atoms with Crippen molar-refractivity contribution in [1.29, 1.82) is 0 Å². The molecule has 0 radical (unpaired) electrons. The van der Waals surface area contributed by atoms with Crippen LogP contribution in [0, 0.1) is 5.82 Å². The minimum Gasteiger partial charge on any atom is -0.382 e. The number of hydrogen-bond acceptors (Lipinski definition) is 2. The zero-order chi connectivity index (χ0) is 12.1. The molecular formula is C12H14BrFO2. The van der Waals surface area contributed by atoms with Crippen molar-refractivity contribution in [2.24, 2.45) is 0 Å². The first-order valence-corrected chi connectivity index (χ1v) is 5.85. The third-order valence-electron chi connectivity index (χ3n) is 2.41. The van der Waals surface area contributed by atoms with Crippen molar-refractivity contribution < 1.29 is 13.9 Å². The number of carbonyl (C=O) groups excluding carboxylic acids is 1. The second-order valence-corrected chi connectivity index (χ2v) is 4.55. The van der Waals surface area contributed by atoms with Gasteiger partial charge in [0.05, 0.1) is 11.7 Å². The monoisotopic (exact) mass is 288 g/mol. The van der Waals surface area contributed by atoms with Crippen LogP contribution in [-0.4, -0.2) is 19.0 Å². The Morgan fingerprint density at radius 2 is 2.25 bits per heavy atom. The summed E-state index contributed by atoms with van der Waals surface area (Å²) >= 11 is 3.21. The van der Waals surface area contributed by atoms with Crippen molar-refractivity contribution >= 4 is 21.7 Å². The van der Waals surface area contributed by atoms with Gasteiger partial charge >= 0.3 is 0 Å². The summed E-state index contributed by atoms with van der Waals surface area (Å²) in [6, 6.07) is 4.37. The molecule has 0 aliphatic carbocycles. The van der Waals surface area contributed by atoms with Crippen LogP contribution in [0.15, 0.2) is 22.7 Å². The number of methoxy groups -OCH3 is 1. The van der Waals surface area contributed by atoms with E-state index in [1.54, 1.807) is 13.2 Å². The Hall–Kier alpha value is -0.740. The van der Waals surface area contributed by atoms with Gasteiger partial charge in [-0.15, -0.1) is 0 Å². The fourth-order valence-electron chi connectivity index (χ4n) is 1.30. The molecule has 0 saturated carbocycles. The summed E-state index contributed by atoms with van der Waals surface area (Å²) in [6.45, 7) is 1.88. The number of rotatable bonds is 5. The molecule has 1 aromatic rings. The highest BCUT2D eigenvalue weighted by atomic mass is 79.9. The molecule has 0 spiro atoms. The predicted molar refractivity (Wildman–Crippen MR) is 64.1 cm³/mol. The quantitative estimate of drug-likeness (QED) is 0.774. The number of hydrogen-bond donors (Lipinski definition) is 0. The van der Waals surface area contributed by atoms with Gasteiger partial charge in [-0.05, 0) is 31.5 Å². The van der Waals surface area contributed by atoms with E-state index in [0.29, 0.717) is 17.3 Å². The van der Waals surface area contributed by atoms with Crippen molar-refractivity contribution in [3.05, 3.63) is 34.1 Å². The van der Waals surface area contributed by atoms with Gasteiger partial charge in [-0.3, -0.25) is 4.79 Å². The van der Waals surface area contributed by atoms with Crippen molar-refractivity contribution in [2.45, 2.75) is 25.9 Å². The van der Waals surface area contributed by atoms with Crippen LogP contribution >= 0.6 is 15.9 Å². The molecule has 4 heteroatoms. The molecule has 0 amide bonds. The minimum absolute atomic E-state index is 0.0131. The molecule has 0 bridgehead atoms. The van der Waals surface area contributed by atoms with Crippen molar-refractivity contribution in [2.75, 3.05) is 7.11 Å². The van der Waals surface area contributed by atoms with E-state index < -0.39 is 5.82 Å². The van der Waals surface area contributed by atoms with E-state index in [0.717, 1.165) is 0 Å². The van der Waals surface area contributed by atoms with Crippen LogP contribution in [0.3, 0.4) is 0 Å². The van der Waals surface area contributed by atoms with E-state index in [-0.39, 0.29) is 17.5 Å². The Kier molecular flexibility index (Phi) is 5.09. The second-order valence-electron chi connectivity index (χ2n) is 3.63. The van der Waals surface area contributed by atoms with Gasteiger partial charge in [0.15, 0.2) is 5.78 Å². The molecule has 2 nitrogen and oxygen atoms in total. The molecule has 0 aromatic heterocycles. The number of Topliss-reactive ketones (excluding diaryl/α,β-unsaturated/α-hetero) is 1. The molecular weight excluding hydrogens is 275 g/mol. The van der Waals surface area contributed by atoms with Gasteiger partial charge < -0.3 is 4.74 Å². The SMILES string of the molecule is COC(C)CCC(=O)c1cc(Br)ccc1F. The van der Waals surface area contributed by atoms with Crippen LogP contribution in [0.4, 0.5) is 4.39 Å². The van der Waals surface area contributed by atoms with Crippen LogP contribution in [0.2, 0.25) is 0 Å². The average Bonchev–Trinajstić information content (AvgIpc) is 2.28.